The van der Waals surface area contributed by atoms with Crippen molar-refractivity contribution < 1.29 is 4.79 Å². The van der Waals surface area contributed by atoms with Gasteiger partial charge in [0.2, 0.25) is 0 Å². The second kappa shape index (κ2) is 6.82. The number of pyridine rings is 1. The fourth-order valence-corrected chi connectivity index (χ4v) is 2.04. The molecule has 1 heterocycles. The summed E-state index contributed by atoms with van der Waals surface area (Å²) in [5.41, 5.74) is 7.82. The van der Waals surface area contributed by atoms with Crippen molar-refractivity contribution in [2.75, 3.05) is 18.0 Å². The molecule has 2 aromatic rings. The first-order valence-electron chi connectivity index (χ1n) is 6.72. The molecule has 0 fully saturated rings. The molecule has 0 atom stereocenters. The molecule has 2 N–H and O–H groups in total. The Balaban J connectivity index is 2.32. The van der Waals surface area contributed by atoms with Crippen LogP contribution in [0.4, 0.5) is 5.69 Å². The monoisotopic (exact) mass is 269 g/mol. The van der Waals surface area contributed by atoms with Crippen molar-refractivity contribution in [3.8, 4) is 0 Å². The van der Waals surface area contributed by atoms with Gasteiger partial charge in [0, 0.05) is 18.4 Å². The molecule has 0 saturated carbocycles. The smallest absolute Gasteiger partial charge is 0.277 e. The van der Waals surface area contributed by atoms with Crippen LogP contribution in [0.25, 0.3) is 0 Å². The number of aromatic nitrogens is 1. The van der Waals surface area contributed by atoms with Crippen LogP contribution in [0.5, 0.6) is 0 Å². The van der Waals surface area contributed by atoms with Crippen molar-refractivity contribution in [3.63, 3.8) is 0 Å². The van der Waals surface area contributed by atoms with Crippen LogP contribution in [0.3, 0.4) is 0 Å². The maximum absolute atomic E-state index is 12.7. The average molecular weight is 269 g/mol. The van der Waals surface area contributed by atoms with Gasteiger partial charge in [0.15, 0.2) is 0 Å². The van der Waals surface area contributed by atoms with E-state index in [2.05, 4.69) is 4.98 Å². The molecule has 4 heteroatoms. The Morgan fingerprint density at radius 1 is 1.20 bits per heavy atom. The van der Waals surface area contributed by atoms with E-state index in [-0.39, 0.29) is 5.91 Å². The molecule has 20 heavy (non-hydrogen) atoms. The van der Waals surface area contributed by atoms with Gasteiger partial charge in [-0.1, -0.05) is 24.3 Å². The number of hydrogen-bond donors (Lipinski definition) is 1. The summed E-state index contributed by atoms with van der Waals surface area (Å²) >= 11 is 0. The van der Waals surface area contributed by atoms with Crippen molar-refractivity contribution in [1.29, 1.82) is 0 Å². The van der Waals surface area contributed by atoms with E-state index < -0.39 is 0 Å². The van der Waals surface area contributed by atoms with Crippen LogP contribution < -0.4 is 10.6 Å². The number of anilines is 1. The molecular formula is C16H19N3O. The number of benzene rings is 1. The predicted octanol–water partition coefficient (Wildman–Crippen LogP) is 2.39. The first kappa shape index (κ1) is 14.2. The summed E-state index contributed by atoms with van der Waals surface area (Å²) in [5, 5.41) is 0. The van der Waals surface area contributed by atoms with Crippen LogP contribution in [0.2, 0.25) is 0 Å². The van der Waals surface area contributed by atoms with Gasteiger partial charge in [0.25, 0.3) is 5.91 Å². The van der Waals surface area contributed by atoms with Gasteiger partial charge in [0.05, 0.1) is 0 Å². The van der Waals surface area contributed by atoms with E-state index in [1.807, 2.05) is 49.4 Å². The minimum Gasteiger partial charge on any atom is -0.330 e. The lowest BCUT2D eigenvalue weighted by Crippen LogP contribution is -2.34. The van der Waals surface area contributed by atoms with Crippen molar-refractivity contribution in [2.45, 2.75) is 13.3 Å². The van der Waals surface area contributed by atoms with Gasteiger partial charge in [-0.05, 0) is 43.7 Å². The average Bonchev–Trinajstić information content (AvgIpc) is 2.49. The molecule has 0 aliphatic heterocycles. The normalized spacial score (nSPS) is 10.3. The molecule has 0 unspecified atom stereocenters. The highest BCUT2D eigenvalue weighted by Crippen LogP contribution is 2.17. The SMILES string of the molecule is Cc1cccnc1C(=O)N(CCCN)c1ccccc1. The summed E-state index contributed by atoms with van der Waals surface area (Å²) in [6.45, 7) is 3.04. The lowest BCUT2D eigenvalue weighted by molar-refractivity contribution is 0.0981. The third-order valence-corrected chi connectivity index (χ3v) is 3.11. The van der Waals surface area contributed by atoms with Crippen molar-refractivity contribution >= 4 is 11.6 Å². The summed E-state index contributed by atoms with van der Waals surface area (Å²) in [6, 6.07) is 13.3. The van der Waals surface area contributed by atoms with Crippen LogP contribution in [-0.2, 0) is 0 Å². The number of hydrogen-bond acceptors (Lipinski definition) is 3. The molecule has 1 aromatic heterocycles. The maximum atomic E-state index is 12.7. The van der Waals surface area contributed by atoms with Gasteiger partial charge >= 0.3 is 0 Å². The highest BCUT2D eigenvalue weighted by atomic mass is 16.2. The van der Waals surface area contributed by atoms with E-state index in [9.17, 15) is 4.79 Å². The predicted molar refractivity (Wildman–Crippen MR) is 80.8 cm³/mol. The maximum Gasteiger partial charge on any atom is 0.277 e. The van der Waals surface area contributed by atoms with Gasteiger partial charge < -0.3 is 10.6 Å². The summed E-state index contributed by atoms with van der Waals surface area (Å²) in [6.07, 6.45) is 2.40. The standard InChI is InChI=1S/C16H19N3O/c1-13-7-5-11-18-15(13)16(20)19(12-6-10-17)14-8-3-2-4-9-14/h2-5,7-9,11H,6,10,12,17H2,1H3. The molecule has 0 aliphatic carbocycles. The van der Waals surface area contributed by atoms with E-state index in [1.165, 1.54) is 0 Å². The molecule has 4 nitrogen and oxygen atoms in total. The molecule has 1 aromatic carbocycles. The van der Waals surface area contributed by atoms with Gasteiger partial charge in [-0.2, -0.15) is 0 Å². The van der Waals surface area contributed by atoms with Crippen LogP contribution in [0.1, 0.15) is 22.5 Å². The third-order valence-electron chi connectivity index (χ3n) is 3.11. The minimum absolute atomic E-state index is 0.0808. The highest BCUT2D eigenvalue weighted by molar-refractivity contribution is 6.05. The molecule has 2 rings (SSSR count). The van der Waals surface area contributed by atoms with Crippen LogP contribution >= 0.6 is 0 Å². The number of carbonyl (C=O) groups is 1. The zero-order valence-electron chi connectivity index (χ0n) is 11.6. The summed E-state index contributed by atoms with van der Waals surface area (Å²) in [5.74, 6) is -0.0808. The topological polar surface area (TPSA) is 59.2 Å². The number of aryl methyl sites for hydroxylation is 1. The lowest BCUT2D eigenvalue weighted by Gasteiger charge is -2.23. The summed E-state index contributed by atoms with van der Waals surface area (Å²) in [4.78, 5) is 18.6. The first-order chi connectivity index (χ1) is 9.74. The number of rotatable bonds is 5. The van der Waals surface area contributed by atoms with E-state index >= 15 is 0 Å². The zero-order chi connectivity index (χ0) is 14.4. The second-order valence-corrected chi connectivity index (χ2v) is 4.60. The molecule has 0 radical (unpaired) electrons. The van der Waals surface area contributed by atoms with Crippen LogP contribution in [0, 0.1) is 6.92 Å². The Bertz CT molecular complexity index is 569. The number of nitrogens with zero attached hydrogens (tertiary/aromatic N) is 2. The van der Waals surface area contributed by atoms with E-state index in [1.54, 1.807) is 11.1 Å². The van der Waals surface area contributed by atoms with E-state index in [0.29, 0.717) is 18.8 Å². The largest absolute Gasteiger partial charge is 0.330 e. The molecule has 104 valence electrons. The number of nitrogens with two attached hydrogens (primary N) is 1. The molecule has 0 aliphatic rings. The molecule has 1 amide bonds. The van der Waals surface area contributed by atoms with Gasteiger partial charge in [-0.15, -0.1) is 0 Å². The highest BCUT2D eigenvalue weighted by Gasteiger charge is 2.19. The van der Waals surface area contributed by atoms with Gasteiger partial charge in [-0.3, -0.25) is 9.78 Å². The Hall–Kier alpha value is -2.20. The molecule has 0 saturated heterocycles. The van der Waals surface area contributed by atoms with Crippen LogP contribution in [0.15, 0.2) is 48.7 Å². The minimum atomic E-state index is -0.0808. The third kappa shape index (κ3) is 3.22. The van der Waals surface area contributed by atoms with Crippen molar-refractivity contribution in [3.05, 3.63) is 59.9 Å². The molecule has 0 spiro atoms. The Morgan fingerprint density at radius 3 is 2.60 bits per heavy atom. The second-order valence-electron chi connectivity index (χ2n) is 4.60. The molecule has 0 bridgehead atoms. The fraction of sp³-hybridized carbons (Fsp3) is 0.250. The lowest BCUT2D eigenvalue weighted by atomic mass is 10.1. The Labute approximate surface area is 119 Å². The fourth-order valence-electron chi connectivity index (χ4n) is 2.04. The Kier molecular flexibility index (Phi) is 4.85. The molecular weight excluding hydrogens is 250 g/mol. The quantitative estimate of drug-likeness (QED) is 0.906. The summed E-state index contributed by atoms with van der Waals surface area (Å²) in [7, 11) is 0. The van der Waals surface area contributed by atoms with Gasteiger partial charge in [-0.25, -0.2) is 0 Å². The number of carbonyl (C=O) groups excluding carboxylic acids is 1. The van der Waals surface area contributed by atoms with Crippen LogP contribution in [-0.4, -0.2) is 24.0 Å². The van der Waals surface area contributed by atoms with Crippen molar-refractivity contribution in [2.24, 2.45) is 5.73 Å². The number of para-hydroxylation sites is 1. The summed E-state index contributed by atoms with van der Waals surface area (Å²) < 4.78 is 0. The van der Waals surface area contributed by atoms with Gasteiger partial charge in [0.1, 0.15) is 5.69 Å². The first-order valence-corrected chi connectivity index (χ1v) is 6.72. The van der Waals surface area contributed by atoms with Crippen molar-refractivity contribution in [1.82, 2.24) is 4.98 Å². The zero-order valence-corrected chi connectivity index (χ0v) is 11.6. The van der Waals surface area contributed by atoms with E-state index in [0.717, 1.165) is 17.7 Å². The number of amides is 1. The Morgan fingerprint density at radius 2 is 1.95 bits per heavy atom. The van der Waals surface area contributed by atoms with E-state index in [4.69, 9.17) is 5.73 Å².